The molecule has 192 valence electrons. The molecule has 2 heterocycles. The minimum absolute atomic E-state index is 0.0248. The lowest BCUT2D eigenvalue weighted by Crippen LogP contribution is -2.38. The van der Waals surface area contributed by atoms with Crippen LogP contribution >= 0.6 is 0 Å². The van der Waals surface area contributed by atoms with Gasteiger partial charge in [-0.15, -0.1) is 0 Å². The summed E-state index contributed by atoms with van der Waals surface area (Å²) in [7, 11) is 1.56. The lowest BCUT2D eigenvalue weighted by molar-refractivity contribution is -0.140. The van der Waals surface area contributed by atoms with E-state index in [0.29, 0.717) is 43.2 Å². The number of rotatable bonds is 9. The van der Waals surface area contributed by atoms with Crippen molar-refractivity contribution in [2.75, 3.05) is 46.5 Å². The number of methoxy groups -OCH3 is 1. The van der Waals surface area contributed by atoms with Gasteiger partial charge in [-0.05, 0) is 62.2 Å². The van der Waals surface area contributed by atoms with Crippen molar-refractivity contribution < 1.29 is 28.9 Å². The molecule has 0 bridgehead atoms. The summed E-state index contributed by atoms with van der Waals surface area (Å²) in [5.74, 6) is -0.137. The summed E-state index contributed by atoms with van der Waals surface area (Å²) in [6, 6.07) is 13.4. The zero-order chi connectivity index (χ0) is 25.7. The van der Waals surface area contributed by atoms with Gasteiger partial charge in [-0.25, -0.2) is 0 Å². The third kappa shape index (κ3) is 5.71. The second-order valence-electron chi connectivity index (χ2n) is 9.26. The van der Waals surface area contributed by atoms with Crippen molar-refractivity contribution in [1.82, 2.24) is 9.80 Å². The summed E-state index contributed by atoms with van der Waals surface area (Å²) in [5, 5.41) is 11.2. The Morgan fingerprint density at radius 2 is 1.64 bits per heavy atom. The first-order chi connectivity index (χ1) is 17.4. The van der Waals surface area contributed by atoms with Crippen molar-refractivity contribution >= 4 is 17.4 Å². The molecule has 0 saturated carbocycles. The molecule has 1 unspecified atom stereocenters. The van der Waals surface area contributed by atoms with Gasteiger partial charge < -0.3 is 24.2 Å². The summed E-state index contributed by atoms with van der Waals surface area (Å²) in [6.07, 6.45) is 0.734. The molecular formula is C28H34N2O6. The van der Waals surface area contributed by atoms with Gasteiger partial charge in [-0.3, -0.25) is 14.5 Å². The SMILES string of the molecule is COc1ccc(/C(O)=C2\C(=O)C(=O)N(CCCN3CCOCC3)C2c2ccc(OC(C)C)cc2)cc1. The normalized spacial score (nSPS) is 20.2. The molecule has 36 heavy (non-hydrogen) atoms. The number of Topliss-reactive ketones (excluding diaryl/α,β-unsaturated/α-hetero) is 1. The van der Waals surface area contributed by atoms with Crippen LogP contribution < -0.4 is 9.47 Å². The maximum atomic E-state index is 13.2. The zero-order valence-electron chi connectivity index (χ0n) is 21.1. The Morgan fingerprint density at radius 3 is 2.25 bits per heavy atom. The molecular weight excluding hydrogens is 460 g/mol. The second-order valence-corrected chi connectivity index (χ2v) is 9.26. The van der Waals surface area contributed by atoms with E-state index in [-0.39, 0.29) is 17.4 Å². The van der Waals surface area contributed by atoms with Gasteiger partial charge in [0.1, 0.15) is 17.3 Å². The third-order valence-corrected chi connectivity index (χ3v) is 6.45. The molecule has 0 spiro atoms. The number of amides is 1. The van der Waals surface area contributed by atoms with E-state index in [9.17, 15) is 14.7 Å². The lowest BCUT2D eigenvalue weighted by Gasteiger charge is -2.29. The molecule has 8 heteroatoms. The van der Waals surface area contributed by atoms with E-state index in [4.69, 9.17) is 14.2 Å². The number of aliphatic hydroxyl groups excluding tert-OH is 1. The smallest absolute Gasteiger partial charge is 0.295 e. The van der Waals surface area contributed by atoms with E-state index < -0.39 is 17.7 Å². The maximum absolute atomic E-state index is 13.2. The predicted molar refractivity (Wildman–Crippen MR) is 136 cm³/mol. The monoisotopic (exact) mass is 494 g/mol. The average molecular weight is 495 g/mol. The number of aliphatic hydroxyl groups is 1. The van der Waals surface area contributed by atoms with Crippen molar-refractivity contribution in [2.24, 2.45) is 0 Å². The molecule has 0 radical (unpaired) electrons. The molecule has 8 nitrogen and oxygen atoms in total. The number of carbonyl (C=O) groups is 2. The minimum Gasteiger partial charge on any atom is -0.507 e. The maximum Gasteiger partial charge on any atom is 0.295 e. The number of nitrogens with zero attached hydrogens (tertiary/aromatic N) is 2. The van der Waals surface area contributed by atoms with E-state index in [1.807, 2.05) is 38.1 Å². The van der Waals surface area contributed by atoms with Crippen LogP contribution in [0.15, 0.2) is 54.1 Å². The molecule has 2 aromatic carbocycles. The molecule has 0 aliphatic carbocycles. The third-order valence-electron chi connectivity index (χ3n) is 6.45. The summed E-state index contributed by atoms with van der Waals surface area (Å²) in [4.78, 5) is 30.3. The second kappa shape index (κ2) is 11.6. The van der Waals surface area contributed by atoms with Crippen LogP contribution in [0.5, 0.6) is 11.5 Å². The van der Waals surface area contributed by atoms with E-state index in [0.717, 1.165) is 25.2 Å². The molecule has 0 aromatic heterocycles. The molecule has 2 aliphatic rings. The highest BCUT2D eigenvalue weighted by Gasteiger charge is 2.45. The molecule has 1 atom stereocenters. The quantitative estimate of drug-likeness (QED) is 0.324. The Hall–Kier alpha value is -3.36. The first-order valence-electron chi connectivity index (χ1n) is 12.4. The average Bonchev–Trinajstić information content (AvgIpc) is 3.14. The van der Waals surface area contributed by atoms with Crippen LogP contribution in [0.1, 0.15) is 37.4 Å². The van der Waals surface area contributed by atoms with E-state index >= 15 is 0 Å². The Morgan fingerprint density at radius 1 is 1.00 bits per heavy atom. The topological polar surface area (TPSA) is 88.5 Å². The number of likely N-dealkylation sites (tertiary alicyclic amines) is 1. The van der Waals surface area contributed by atoms with Crippen LogP contribution in [0, 0.1) is 0 Å². The van der Waals surface area contributed by atoms with Gasteiger partial charge in [0, 0.05) is 31.7 Å². The molecule has 2 aromatic rings. The Kier molecular flexibility index (Phi) is 8.28. The summed E-state index contributed by atoms with van der Waals surface area (Å²) < 4.78 is 16.4. The van der Waals surface area contributed by atoms with Crippen molar-refractivity contribution in [3.63, 3.8) is 0 Å². The van der Waals surface area contributed by atoms with Crippen molar-refractivity contribution in [3.05, 3.63) is 65.2 Å². The van der Waals surface area contributed by atoms with Gasteiger partial charge in [0.05, 0.1) is 38.0 Å². The summed E-state index contributed by atoms with van der Waals surface area (Å²) >= 11 is 0. The van der Waals surface area contributed by atoms with E-state index in [1.165, 1.54) is 0 Å². The van der Waals surface area contributed by atoms with Gasteiger partial charge >= 0.3 is 0 Å². The Bertz CT molecular complexity index is 1090. The fourth-order valence-electron chi connectivity index (χ4n) is 4.65. The molecule has 2 aliphatic heterocycles. The Balaban J connectivity index is 1.66. The van der Waals surface area contributed by atoms with Crippen LogP contribution in [0.2, 0.25) is 0 Å². The molecule has 2 fully saturated rings. The van der Waals surface area contributed by atoms with Gasteiger partial charge in [0.25, 0.3) is 11.7 Å². The number of benzene rings is 2. The van der Waals surface area contributed by atoms with Crippen LogP contribution in [0.3, 0.4) is 0 Å². The summed E-state index contributed by atoms with van der Waals surface area (Å²) in [6.45, 7) is 8.23. The highest BCUT2D eigenvalue weighted by atomic mass is 16.5. The molecule has 1 N–H and O–H groups in total. The zero-order valence-corrected chi connectivity index (χ0v) is 21.1. The standard InChI is InChI=1S/C28H34N2O6/c1-19(2)36-23-11-5-20(6-12-23)25-24(26(31)21-7-9-22(34-3)10-8-21)27(32)28(33)30(25)14-4-13-29-15-17-35-18-16-29/h5-12,19,25,31H,4,13-18H2,1-3H3/b26-24+. The van der Waals surface area contributed by atoms with Gasteiger partial charge in [0.2, 0.25) is 0 Å². The fourth-order valence-corrected chi connectivity index (χ4v) is 4.65. The molecule has 1 amide bonds. The number of ketones is 1. The fraction of sp³-hybridized carbons (Fsp3) is 0.429. The largest absolute Gasteiger partial charge is 0.507 e. The highest BCUT2D eigenvalue weighted by Crippen LogP contribution is 2.40. The van der Waals surface area contributed by atoms with Crippen LogP contribution in [-0.2, 0) is 14.3 Å². The minimum atomic E-state index is -0.690. The predicted octanol–water partition coefficient (Wildman–Crippen LogP) is 3.63. The summed E-state index contributed by atoms with van der Waals surface area (Å²) in [5.41, 5.74) is 1.28. The number of morpholine rings is 1. The number of ether oxygens (including phenoxy) is 3. The van der Waals surface area contributed by atoms with E-state index in [1.54, 1.807) is 36.3 Å². The Labute approximate surface area is 212 Å². The lowest BCUT2D eigenvalue weighted by atomic mass is 9.95. The molecule has 4 rings (SSSR count). The first-order valence-corrected chi connectivity index (χ1v) is 12.4. The number of hydrogen-bond acceptors (Lipinski definition) is 7. The van der Waals surface area contributed by atoms with E-state index in [2.05, 4.69) is 4.90 Å². The van der Waals surface area contributed by atoms with Gasteiger partial charge in [-0.1, -0.05) is 12.1 Å². The first kappa shape index (κ1) is 25.7. The number of carbonyl (C=O) groups excluding carboxylic acids is 2. The van der Waals surface area contributed by atoms with Crippen molar-refractivity contribution in [1.29, 1.82) is 0 Å². The van der Waals surface area contributed by atoms with Crippen molar-refractivity contribution in [2.45, 2.75) is 32.4 Å². The van der Waals surface area contributed by atoms with Gasteiger partial charge in [0.15, 0.2) is 0 Å². The highest BCUT2D eigenvalue weighted by molar-refractivity contribution is 6.46. The van der Waals surface area contributed by atoms with Crippen LogP contribution in [0.4, 0.5) is 0 Å². The van der Waals surface area contributed by atoms with Crippen LogP contribution in [-0.4, -0.2) is 79.2 Å². The molecule has 2 saturated heterocycles. The van der Waals surface area contributed by atoms with Gasteiger partial charge in [-0.2, -0.15) is 0 Å². The number of hydrogen-bond donors (Lipinski definition) is 1. The van der Waals surface area contributed by atoms with Crippen molar-refractivity contribution in [3.8, 4) is 11.5 Å². The van der Waals surface area contributed by atoms with Crippen LogP contribution in [0.25, 0.3) is 5.76 Å².